The Labute approximate surface area is 147 Å². The number of rotatable bonds is 5. The van der Waals surface area contributed by atoms with Gasteiger partial charge in [-0.25, -0.2) is 0 Å². The van der Waals surface area contributed by atoms with Crippen LogP contribution in [0.1, 0.15) is 32.2 Å². The van der Waals surface area contributed by atoms with Crippen molar-refractivity contribution >= 4 is 23.4 Å². The zero-order chi connectivity index (χ0) is 19.0. The van der Waals surface area contributed by atoms with Gasteiger partial charge in [-0.15, -0.1) is 0 Å². The van der Waals surface area contributed by atoms with Crippen LogP contribution in [0.15, 0.2) is 28.8 Å². The second-order valence-corrected chi connectivity index (χ2v) is 5.83. The molecule has 0 N–H and O–H groups in total. The van der Waals surface area contributed by atoms with Crippen molar-refractivity contribution in [1.29, 1.82) is 0 Å². The van der Waals surface area contributed by atoms with Crippen molar-refractivity contribution in [3.63, 3.8) is 0 Å². The van der Waals surface area contributed by atoms with Crippen LogP contribution in [-0.4, -0.2) is 51.2 Å². The van der Waals surface area contributed by atoms with E-state index in [0.717, 1.165) is 6.07 Å². The average molecular weight is 358 g/mol. The lowest BCUT2D eigenvalue weighted by Crippen LogP contribution is -2.41. The number of aryl methyl sites for hydroxylation is 1. The van der Waals surface area contributed by atoms with Crippen LogP contribution in [0.3, 0.4) is 0 Å². The number of nitro benzene ring substituents is 1. The number of carbonyl (C=O) groups excluding carboxylic acids is 3. The van der Waals surface area contributed by atoms with Gasteiger partial charge in [-0.3, -0.25) is 29.4 Å². The van der Waals surface area contributed by atoms with E-state index in [-0.39, 0.29) is 17.7 Å². The molecule has 0 aliphatic carbocycles. The number of nitro groups is 1. The zero-order valence-electron chi connectivity index (χ0n) is 14.0. The Hall–Kier alpha value is -3.56. The van der Waals surface area contributed by atoms with Gasteiger partial charge in [-0.05, 0) is 13.0 Å². The highest BCUT2D eigenvalue weighted by Gasteiger charge is 2.41. The molecule has 26 heavy (non-hydrogen) atoms. The molecule has 1 aromatic carbocycles. The minimum Gasteiger partial charge on any atom is -0.361 e. The first-order valence-corrected chi connectivity index (χ1v) is 7.59. The molecule has 3 amide bonds. The number of hydrogen-bond acceptors (Lipinski definition) is 7. The lowest BCUT2D eigenvalue weighted by Gasteiger charge is -2.19. The second-order valence-electron chi connectivity index (χ2n) is 5.83. The maximum absolute atomic E-state index is 12.5. The minimum atomic E-state index is -0.851. The number of nitrogens with zero attached hydrogens (tertiary/aromatic N) is 4. The van der Waals surface area contributed by atoms with Gasteiger partial charge in [0, 0.05) is 19.2 Å². The molecule has 10 nitrogen and oxygen atoms in total. The Morgan fingerprint density at radius 2 is 2.08 bits per heavy atom. The fourth-order valence-electron chi connectivity index (χ4n) is 2.69. The normalized spacial score (nSPS) is 13.1. The van der Waals surface area contributed by atoms with E-state index in [1.165, 1.54) is 24.1 Å². The maximum Gasteiger partial charge on any atom is 0.282 e. The van der Waals surface area contributed by atoms with Crippen molar-refractivity contribution in [3.8, 4) is 0 Å². The third-order valence-corrected chi connectivity index (χ3v) is 3.97. The van der Waals surface area contributed by atoms with Crippen LogP contribution in [0.5, 0.6) is 0 Å². The summed E-state index contributed by atoms with van der Waals surface area (Å²) in [5.74, 6) is -1.50. The molecule has 0 spiro atoms. The van der Waals surface area contributed by atoms with Gasteiger partial charge in [0.15, 0.2) is 0 Å². The molecule has 3 rings (SSSR count). The van der Waals surface area contributed by atoms with Crippen LogP contribution in [-0.2, 0) is 11.3 Å². The van der Waals surface area contributed by atoms with E-state index in [1.807, 2.05) is 0 Å². The third kappa shape index (κ3) is 2.92. The second kappa shape index (κ2) is 6.39. The minimum absolute atomic E-state index is 0.0771. The van der Waals surface area contributed by atoms with Gasteiger partial charge in [-0.2, -0.15) is 0 Å². The van der Waals surface area contributed by atoms with Gasteiger partial charge in [0.2, 0.25) is 5.91 Å². The van der Waals surface area contributed by atoms with E-state index in [4.69, 9.17) is 4.52 Å². The molecule has 10 heteroatoms. The first-order valence-electron chi connectivity index (χ1n) is 7.59. The molecule has 0 saturated carbocycles. The summed E-state index contributed by atoms with van der Waals surface area (Å²) in [5, 5.41) is 14.9. The first-order chi connectivity index (χ1) is 12.3. The fraction of sp³-hybridized carbons (Fsp3) is 0.250. The number of aromatic nitrogens is 1. The highest BCUT2D eigenvalue weighted by Crippen LogP contribution is 2.30. The smallest absolute Gasteiger partial charge is 0.282 e. The molecule has 0 fully saturated rings. The predicted octanol–water partition coefficient (Wildman–Crippen LogP) is 1.15. The summed E-state index contributed by atoms with van der Waals surface area (Å²) in [7, 11) is 1.49. The monoisotopic (exact) mass is 358 g/mol. The third-order valence-electron chi connectivity index (χ3n) is 3.97. The summed E-state index contributed by atoms with van der Waals surface area (Å²) in [4.78, 5) is 49.6. The molecule has 0 unspecified atom stereocenters. The number of carbonyl (C=O) groups is 3. The molecular formula is C16H14N4O6. The summed E-state index contributed by atoms with van der Waals surface area (Å²) in [6.45, 7) is 1.33. The highest BCUT2D eigenvalue weighted by atomic mass is 16.6. The lowest BCUT2D eigenvalue weighted by molar-refractivity contribution is -0.385. The molecule has 1 aromatic heterocycles. The molecule has 2 heterocycles. The summed E-state index contributed by atoms with van der Waals surface area (Å²) < 4.78 is 4.92. The van der Waals surface area contributed by atoms with Gasteiger partial charge in [0.25, 0.3) is 17.5 Å². The lowest BCUT2D eigenvalue weighted by atomic mass is 10.1. The zero-order valence-corrected chi connectivity index (χ0v) is 14.0. The van der Waals surface area contributed by atoms with Crippen molar-refractivity contribution in [2.24, 2.45) is 0 Å². The Kier molecular flexibility index (Phi) is 4.24. The number of imide groups is 1. The van der Waals surface area contributed by atoms with Gasteiger partial charge >= 0.3 is 0 Å². The predicted molar refractivity (Wildman–Crippen MR) is 86.2 cm³/mol. The van der Waals surface area contributed by atoms with Crippen LogP contribution in [0.2, 0.25) is 0 Å². The number of hydrogen-bond donors (Lipinski definition) is 0. The number of fused-ring (bicyclic) bond motifs is 1. The molecule has 1 aliphatic heterocycles. The molecular weight excluding hydrogens is 344 g/mol. The van der Waals surface area contributed by atoms with Gasteiger partial charge < -0.3 is 9.42 Å². The molecule has 2 aromatic rings. The van der Waals surface area contributed by atoms with E-state index in [1.54, 1.807) is 13.0 Å². The number of likely N-dealkylation sites (N-methyl/N-ethyl adjacent to an activating group) is 1. The van der Waals surface area contributed by atoms with E-state index in [0.29, 0.717) is 16.4 Å². The molecule has 134 valence electrons. The van der Waals surface area contributed by atoms with Gasteiger partial charge in [0.05, 0.1) is 17.0 Å². The highest BCUT2D eigenvalue weighted by molar-refractivity contribution is 6.24. The van der Waals surface area contributed by atoms with Crippen LogP contribution < -0.4 is 0 Å². The van der Waals surface area contributed by atoms with Crippen molar-refractivity contribution < 1.29 is 23.8 Å². The van der Waals surface area contributed by atoms with Crippen molar-refractivity contribution in [2.45, 2.75) is 13.5 Å². The molecule has 0 saturated heterocycles. The van der Waals surface area contributed by atoms with Crippen molar-refractivity contribution in [1.82, 2.24) is 15.0 Å². The van der Waals surface area contributed by atoms with Gasteiger partial charge in [-0.1, -0.05) is 11.2 Å². The molecule has 0 bridgehead atoms. The fourth-order valence-corrected chi connectivity index (χ4v) is 2.69. The topological polar surface area (TPSA) is 127 Å². The standard InChI is InChI=1S/C16H14N4O6/c1-9-6-10(17-26-9)7-18(2)13(21)8-19-15(22)11-4-3-5-12(20(24)25)14(11)16(19)23/h3-6H,7-8H2,1-2H3. The van der Waals surface area contributed by atoms with E-state index >= 15 is 0 Å². The Morgan fingerprint density at radius 3 is 2.69 bits per heavy atom. The summed E-state index contributed by atoms with van der Waals surface area (Å²) >= 11 is 0. The quantitative estimate of drug-likeness (QED) is 0.445. The summed E-state index contributed by atoms with van der Waals surface area (Å²) in [6.07, 6.45) is 0. The Morgan fingerprint density at radius 1 is 1.35 bits per heavy atom. The molecule has 0 radical (unpaired) electrons. The van der Waals surface area contributed by atoms with Crippen LogP contribution in [0, 0.1) is 17.0 Å². The van der Waals surface area contributed by atoms with E-state index in [2.05, 4.69) is 5.16 Å². The number of amides is 3. The molecule has 0 atom stereocenters. The van der Waals surface area contributed by atoms with Gasteiger partial charge in [0.1, 0.15) is 23.6 Å². The maximum atomic E-state index is 12.5. The Balaban J connectivity index is 1.77. The first kappa shape index (κ1) is 17.3. The number of benzene rings is 1. The summed E-state index contributed by atoms with van der Waals surface area (Å²) in [5.41, 5.74) is -0.296. The average Bonchev–Trinajstić information content (AvgIpc) is 3.11. The van der Waals surface area contributed by atoms with E-state index < -0.39 is 34.9 Å². The van der Waals surface area contributed by atoms with Crippen molar-refractivity contribution in [3.05, 3.63) is 57.0 Å². The van der Waals surface area contributed by atoms with Crippen LogP contribution in [0.25, 0.3) is 0 Å². The SMILES string of the molecule is Cc1cc(CN(C)C(=O)CN2C(=O)c3cccc([N+](=O)[O-])c3C2=O)no1. The largest absolute Gasteiger partial charge is 0.361 e. The van der Waals surface area contributed by atoms with Crippen LogP contribution >= 0.6 is 0 Å². The van der Waals surface area contributed by atoms with E-state index in [9.17, 15) is 24.5 Å². The van der Waals surface area contributed by atoms with Crippen molar-refractivity contribution in [2.75, 3.05) is 13.6 Å². The summed E-state index contributed by atoms with van der Waals surface area (Å²) in [6, 6.07) is 5.46. The van der Waals surface area contributed by atoms with Crippen LogP contribution in [0.4, 0.5) is 5.69 Å². The molecule has 1 aliphatic rings. The Bertz CT molecular complexity index is 935.